The van der Waals surface area contributed by atoms with Crippen LogP contribution < -0.4 is 28.3 Å². The molecule has 0 aliphatic rings. The van der Waals surface area contributed by atoms with E-state index in [4.69, 9.17) is 22.9 Å². The lowest BCUT2D eigenvalue weighted by molar-refractivity contribution is -0.133. The smallest absolute Gasteiger partial charge is 0.241 e. The molecule has 0 aromatic rings. The largest absolute Gasteiger partial charge is 0.370 e. The van der Waals surface area contributed by atoms with Crippen molar-refractivity contribution in [1.29, 1.82) is 0 Å². The third-order valence-electron chi connectivity index (χ3n) is 10.2. The third kappa shape index (κ3) is 33.7. The van der Waals surface area contributed by atoms with Gasteiger partial charge < -0.3 is 33.2 Å². The molecule has 0 saturated carbocycles. The molecule has 0 aromatic carbocycles. The summed E-state index contributed by atoms with van der Waals surface area (Å²) < 4.78 is 0. The predicted octanol–water partition coefficient (Wildman–Crippen LogP) is 9.16. The van der Waals surface area contributed by atoms with Crippen LogP contribution in [0.4, 0.5) is 0 Å². The summed E-state index contributed by atoms with van der Waals surface area (Å²) in [4.78, 5) is 31.8. The Labute approximate surface area is 321 Å². The molecular weight excluding hydrogens is 647 g/mol. The number of unbranched alkanes of at least 4 members (excludes halogenated alkanes) is 25. The van der Waals surface area contributed by atoms with Crippen LogP contribution in [0.2, 0.25) is 0 Å². The van der Waals surface area contributed by atoms with E-state index in [0.29, 0.717) is 19.4 Å². The second-order valence-corrected chi connectivity index (χ2v) is 15.3. The van der Waals surface area contributed by atoms with Crippen molar-refractivity contribution in [2.45, 2.75) is 219 Å². The van der Waals surface area contributed by atoms with Crippen molar-refractivity contribution >= 4 is 17.8 Å². The van der Waals surface area contributed by atoms with E-state index in [1.165, 1.54) is 154 Å². The highest BCUT2D eigenvalue weighted by atomic mass is 16.2. The Morgan fingerprint density at radius 1 is 0.558 bits per heavy atom. The van der Waals surface area contributed by atoms with Crippen LogP contribution in [0, 0.1) is 0 Å². The minimum atomic E-state index is -0.779. The summed E-state index contributed by atoms with van der Waals surface area (Å²) >= 11 is 0. The SMILES string of the molecule is CCCCCCCCC=CCCCCCCCCN(CCCCCCCCCCCCCCCC)C(=O)C(N)CNC(=O)[C@@H](N)CCCN=C(N)N. The number of hydrogen-bond donors (Lipinski definition) is 5. The molecule has 9 nitrogen and oxygen atoms in total. The minimum Gasteiger partial charge on any atom is -0.370 e. The maximum absolute atomic E-state index is 13.4. The first-order valence-electron chi connectivity index (χ1n) is 22.1. The number of hydrogen-bond acceptors (Lipinski definition) is 5. The molecule has 2 atom stereocenters. The zero-order valence-corrected chi connectivity index (χ0v) is 34.4. The molecule has 9 heteroatoms. The van der Waals surface area contributed by atoms with Gasteiger partial charge in [0.2, 0.25) is 11.8 Å². The van der Waals surface area contributed by atoms with Gasteiger partial charge in [0.15, 0.2) is 5.96 Å². The van der Waals surface area contributed by atoms with Gasteiger partial charge in [0, 0.05) is 26.2 Å². The number of nitrogens with two attached hydrogens (primary N) is 4. The standard InChI is InChI=1S/C43H87N7O2/c1-3-5-7-9-11-13-15-17-19-20-22-24-26-28-30-32-37-50(36-31-29-27-25-23-21-18-16-14-12-10-8-6-4-2)42(52)40(45)38-49-41(51)39(44)34-33-35-48-43(46)47/h17,19,39-40H,3-16,18,20-38,44-45H2,1-2H3,(H,49,51)(H4,46,47,48)/t39-,40?/m0/s1. The summed E-state index contributed by atoms with van der Waals surface area (Å²) in [5.74, 6) is -0.359. The van der Waals surface area contributed by atoms with E-state index < -0.39 is 12.1 Å². The molecule has 0 aliphatic carbocycles. The lowest BCUT2D eigenvalue weighted by Crippen LogP contribution is -2.52. The highest BCUT2D eigenvalue weighted by molar-refractivity contribution is 5.85. The molecule has 9 N–H and O–H groups in total. The second-order valence-electron chi connectivity index (χ2n) is 15.3. The van der Waals surface area contributed by atoms with Crippen molar-refractivity contribution < 1.29 is 9.59 Å². The number of carbonyl (C=O) groups excluding carboxylic acids is 2. The van der Waals surface area contributed by atoms with Gasteiger partial charge in [-0.05, 0) is 51.4 Å². The molecule has 0 spiro atoms. The predicted molar refractivity (Wildman–Crippen MR) is 225 cm³/mol. The lowest BCUT2D eigenvalue weighted by Gasteiger charge is -2.26. The highest BCUT2D eigenvalue weighted by Crippen LogP contribution is 2.14. The van der Waals surface area contributed by atoms with Gasteiger partial charge in [-0.2, -0.15) is 0 Å². The molecule has 0 saturated heterocycles. The van der Waals surface area contributed by atoms with Crippen molar-refractivity contribution in [3.63, 3.8) is 0 Å². The monoisotopic (exact) mass is 734 g/mol. The fourth-order valence-electron chi connectivity index (χ4n) is 6.69. The van der Waals surface area contributed by atoms with Crippen LogP contribution in [-0.4, -0.2) is 60.9 Å². The Hall–Kier alpha value is -2.13. The first-order valence-corrected chi connectivity index (χ1v) is 22.1. The normalized spacial score (nSPS) is 12.6. The number of carbonyl (C=O) groups is 2. The first kappa shape index (κ1) is 49.9. The van der Waals surface area contributed by atoms with E-state index in [0.717, 1.165) is 38.8 Å². The van der Waals surface area contributed by atoms with Gasteiger partial charge in [-0.15, -0.1) is 0 Å². The number of nitrogens with one attached hydrogen (secondary N) is 1. The van der Waals surface area contributed by atoms with Crippen molar-refractivity contribution in [3.8, 4) is 0 Å². The number of nitrogens with zero attached hydrogens (tertiary/aromatic N) is 2. The zero-order chi connectivity index (χ0) is 38.3. The van der Waals surface area contributed by atoms with Crippen LogP contribution in [0.5, 0.6) is 0 Å². The lowest BCUT2D eigenvalue weighted by atomic mass is 10.0. The fourth-order valence-corrected chi connectivity index (χ4v) is 6.69. The maximum Gasteiger partial charge on any atom is 0.241 e. The molecule has 0 fully saturated rings. The number of amides is 2. The summed E-state index contributed by atoms with van der Waals surface area (Å²) in [6, 6.07) is -1.47. The Kier molecular flexibility index (Phi) is 37.0. The van der Waals surface area contributed by atoms with E-state index in [9.17, 15) is 9.59 Å². The fraction of sp³-hybridized carbons (Fsp3) is 0.884. The van der Waals surface area contributed by atoms with E-state index in [1.54, 1.807) is 0 Å². The average Bonchev–Trinajstić information content (AvgIpc) is 3.13. The van der Waals surface area contributed by atoms with E-state index in [-0.39, 0.29) is 24.3 Å². The molecule has 0 rings (SSSR count). The number of allylic oxidation sites excluding steroid dienone is 2. The molecule has 0 aromatic heterocycles. The van der Waals surface area contributed by atoms with Crippen molar-refractivity contribution in [3.05, 3.63) is 12.2 Å². The molecule has 306 valence electrons. The molecule has 0 radical (unpaired) electrons. The van der Waals surface area contributed by atoms with Crippen LogP contribution >= 0.6 is 0 Å². The van der Waals surface area contributed by atoms with Crippen LogP contribution in [-0.2, 0) is 9.59 Å². The van der Waals surface area contributed by atoms with Gasteiger partial charge in [0.25, 0.3) is 0 Å². The van der Waals surface area contributed by atoms with Crippen LogP contribution in [0.15, 0.2) is 17.1 Å². The number of rotatable bonds is 39. The molecule has 0 aliphatic heterocycles. The van der Waals surface area contributed by atoms with Crippen LogP contribution in [0.1, 0.15) is 206 Å². The van der Waals surface area contributed by atoms with Crippen molar-refractivity contribution in [1.82, 2.24) is 10.2 Å². The quantitative estimate of drug-likeness (QED) is 0.0183. The third-order valence-corrected chi connectivity index (χ3v) is 10.2. The Bertz CT molecular complexity index is 862. The topological polar surface area (TPSA) is 166 Å². The van der Waals surface area contributed by atoms with Gasteiger partial charge >= 0.3 is 0 Å². The van der Waals surface area contributed by atoms with Crippen LogP contribution in [0.25, 0.3) is 0 Å². The molecule has 52 heavy (non-hydrogen) atoms. The van der Waals surface area contributed by atoms with Gasteiger partial charge in [0.05, 0.1) is 6.04 Å². The van der Waals surface area contributed by atoms with Gasteiger partial charge in [-0.1, -0.05) is 167 Å². The molecule has 1 unspecified atom stereocenters. The number of guanidine groups is 1. The Morgan fingerprint density at radius 2 is 0.942 bits per heavy atom. The minimum absolute atomic E-state index is 0.0263. The molecular formula is C43H87N7O2. The maximum atomic E-state index is 13.4. The molecule has 0 bridgehead atoms. The molecule has 0 heterocycles. The van der Waals surface area contributed by atoms with Crippen molar-refractivity contribution in [2.24, 2.45) is 27.9 Å². The second kappa shape index (κ2) is 38.6. The zero-order valence-electron chi connectivity index (χ0n) is 34.4. The number of aliphatic imine (C=N–C) groups is 1. The average molecular weight is 734 g/mol. The Morgan fingerprint density at radius 3 is 1.35 bits per heavy atom. The van der Waals surface area contributed by atoms with E-state index in [2.05, 4.69) is 36.3 Å². The summed E-state index contributed by atoms with van der Waals surface area (Å²) in [6.07, 6.45) is 41.8. The summed E-state index contributed by atoms with van der Waals surface area (Å²) in [6.45, 7) is 6.51. The van der Waals surface area contributed by atoms with Gasteiger partial charge in [0.1, 0.15) is 6.04 Å². The summed E-state index contributed by atoms with van der Waals surface area (Å²) in [7, 11) is 0. The Balaban J connectivity index is 4.44. The van der Waals surface area contributed by atoms with E-state index in [1.807, 2.05) is 4.90 Å². The van der Waals surface area contributed by atoms with Gasteiger partial charge in [-0.3, -0.25) is 14.6 Å². The summed E-state index contributed by atoms with van der Waals surface area (Å²) in [5, 5.41) is 2.78. The van der Waals surface area contributed by atoms with E-state index >= 15 is 0 Å². The van der Waals surface area contributed by atoms with Gasteiger partial charge in [-0.25, -0.2) is 0 Å². The highest BCUT2D eigenvalue weighted by Gasteiger charge is 2.22. The first-order chi connectivity index (χ1) is 25.3. The summed E-state index contributed by atoms with van der Waals surface area (Å²) in [5.41, 5.74) is 23.1. The van der Waals surface area contributed by atoms with Crippen molar-refractivity contribution in [2.75, 3.05) is 26.2 Å². The molecule has 2 amide bonds. The van der Waals surface area contributed by atoms with Crippen LogP contribution in [0.3, 0.4) is 0 Å².